The summed E-state index contributed by atoms with van der Waals surface area (Å²) in [7, 11) is 0. The first-order valence-corrected chi connectivity index (χ1v) is 6.62. The third kappa shape index (κ3) is 3.19. The summed E-state index contributed by atoms with van der Waals surface area (Å²) in [4.78, 5) is 4.78. The van der Waals surface area contributed by atoms with Crippen LogP contribution in [-0.2, 0) is 6.42 Å². The Kier molecular flexibility index (Phi) is 4.14. The lowest BCUT2D eigenvalue weighted by Crippen LogP contribution is -2.15. The van der Waals surface area contributed by atoms with E-state index < -0.39 is 0 Å². The van der Waals surface area contributed by atoms with E-state index in [0.29, 0.717) is 5.92 Å². The second kappa shape index (κ2) is 5.81. The normalized spacial score (nSPS) is 21.7. The standard InChI is InChI=1S/C17H21N/c1-13-11-14(2)17(15(3)12-13)18-10-9-16-7-5-4-6-8-16/h4-8,11-12,14H,9-10H2,1-3H3. The first kappa shape index (κ1) is 12.8. The summed E-state index contributed by atoms with van der Waals surface area (Å²) < 4.78 is 0. The Morgan fingerprint density at radius 2 is 1.83 bits per heavy atom. The van der Waals surface area contributed by atoms with Gasteiger partial charge >= 0.3 is 0 Å². The van der Waals surface area contributed by atoms with Gasteiger partial charge < -0.3 is 0 Å². The van der Waals surface area contributed by atoms with Gasteiger partial charge in [0.05, 0.1) is 0 Å². The summed E-state index contributed by atoms with van der Waals surface area (Å²) in [6.07, 6.45) is 5.53. The van der Waals surface area contributed by atoms with Crippen molar-refractivity contribution in [3.8, 4) is 0 Å². The summed E-state index contributed by atoms with van der Waals surface area (Å²) in [5.41, 5.74) is 5.27. The number of benzene rings is 1. The van der Waals surface area contributed by atoms with Gasteiger partial charge in [0.15, 0.2) is 0 Å². The van der Waals surface area contributed by atoms with Crippen molar-refractivity contribution in [2.45, 2.75) is 27.2 Å². The maximum absolute atomic E-state index is 4.78. The highest BCUT2D eigenvalue weighted by atomic mass is 14.7. The molecular weight excluding hydrogens is 218 g/mol. The largest absolute Gasteiger partial charge is 0.289 e. The molecule has 0 fully saturated rings. The predicted octanol–water partition coefficient (Wildman–Crippen LogP) is 4.21. The molecule has 0 spiro atoms. The minimum absolute atomic E-state index is 0.450. The van der Waals surface area contributed by atoms with Crippen molar-refractivity contribution in [1.82, 2.24) is 0 Å². The van der Waals surface area contributed by atoms with E-state index in [-0.39, 0.29) is 0 Å². The van der Waals surface area contributed by atoms with Crippen LogP contribution < -0.4 is 0 Å². The molecule has 1 aromatic carbocycles. The molecule has 1 aromatic rings. The first-order valence-electron chi connectivity index (χ1n) is 6.62. The SMILES string of the molecule is CC1=CC(C)C(=NCCc2ccccc2)C(C)=C1. The molecule has 1 heteroatoms. The Bertz CT molecular complexity index is 492. The van der Waals surface area contributed by atoms with Crippen molar-refractivity contribution < 1.29 is 0 Å². The fourth-order valence-corrected chi connectivity index (χ4v) is 2.51. The average molecular weight is 239 g/mol. The summed E-state index contributed by atoms with van der Waals surface area (Å²) in [5, 5.41) is 0. The van der Waals surface area contributed by atoms with Crippen LogP contribution in [-0.4, -0.2) is 12.3 Å². The smallest absolute Gasteiger partial charge is 0.0443 e. The molecule has 0 aromatic heterocycles. The van der Waals surface area contributed by atoms with Crippen LogP contribution >= 0.6 is 0 Å². The van der Waals surface area contributed by atoms with E-state index in [9.17, 15) is 0 Å². The van der Waals surface area contributed by atoms with Crippen molar-refractivity contribution >= 4 is 5.71 Å². The van der Waals surface area contributed by atoms with Gasteiger partial charge in [-0.1, -0.05) is 55.0 Å². The highest BCUT2D eigenvalue weighted by Gasteiger charge is 2.14. The highest BCUT2D eigenvalue weighted by molar-refractivity contribution is 6.03. The van der Waals surface area contributed by atoms with Crippen molar-refractivity contribution in [3.05, 3.63) is 59.2 Å². The third-order valence-corrected chi connectivity index (χ3v) is 3.32. The molecule has 1 unspecified atom stereocenters. The second-order valence-corrected chi connectivity index (χ2v) is 5.03. The Balaban J connectivity index is 2.00. The Labute approximate surface area is 110 Å². The molecule has 0 N–H and O–H groups in total. The van der Waals surface area contributed by atoms with Crippen LogP contribution in [0.3, 0.4) is 0 Å². The van der Waals surface area contributed by atoms with Crippen molar-refractivity contribution in [3.63, 3.8) is 0 Å². The van der Waals surface area contributed by atoms with E-state index in [1.54, 1.807) is 0 Å². The molecule has 0 radical (unpaired) electrons. The molecule has 1 nitrogen and oxygen atoms in total. The van der Waals surface area contributed by atoms with Crippen LogP contribution in [0.2, 0.25) is 0 Å². The number of nitrogens with zero attached hydrogens (tertiary/aromatic N) is 1. The molecule has 1 aliphatic carbocycles. The van der Waals surface area contributed by atoms with E-state index in [0.717, 1.165) is 13.0 Å². The van der Waals surface area contributed by atoms with Gasteiger partial charge in [0.25, 0.3) is 0 Å². The molecular formula is C17H21N. The summed E-state index contributed by atoms with van der Waals surface area (Å²) in [6, 6.07) is 10.6. The van der Waals surface area contributed by atoms with Crippen LogP contribution in [0.5, 0.6) is 0 Å². The molecule has 18 heavy (non-hydrogen) atoms. The third-order valence-electron chi connectivity index (χ3n) is 3.32. The summed E-state index contributed by atoms with van der Waals surface area (Å²) in [6.45, 7) is 7.41. The van der Waals surface area contributed by atoms with Crippen LogP contribution in [0.25, 0.3) is 0 Å². The van der Waals surface area contributed by atoms with Gasteiger partial charge in [0.1, 0.15) is 0 Å². The quantitative estimate of drug-likeness (QED) is 0.749. The second-order valence-electron chi connectivity index (χ2n) is 5.03. The maximum Gasteiger partial charge on any atom is 0.0443 e. The zero-order chi connectivity index (χ0) is 13.0. The van der Waals surface area contributed by atoms with E-state index in [2.05, 4.69) is 63.3 Å². The number of aliphatic imine (C=N–C) groups is 1. The average Bonchev–Trinajstić information content (AvgIpc) is 2.34. The highest BCUT2D eigenvalue weighted by Crippen LogP contribution is 2.20. The van der Waals surface area contributed by atoms with Gasteiger partial charge in [0.2, 0.25) is 0 Å². The van der Waals surface area contributed by atoms with Gasteiger partial charge in [-0.15, -0.1) is 0 Å². The number of hydrogen-bond acceptors (Lipinski definition) is 1. The minimum atomic E-state index is 0.450. The number of hydrogen-bond donors (Lipinski definition) is 0. The van der Waals surface area contributed by atoms with Crippen LogP contribution in [0, 0.1) is 5.92 Å². The fourth-order valence-electron chi connectivity index (χ4n) is 2.51. The molecule has 0 saturated carbocycles. The topological polar surface area (TPSA) is 12.4 Å². The van der Waals surface area contributed by atoms with E-state index in [1.165, 1.54) is 22.4 Å². The van der Waals surface area contributed by atoms with Crippen LogP contribution in [0.4, 0.5) is 0 Å². The van der Waals surface area contributed by atoms with Crippen molar-refractivity contribution in [2.75, 3.05) is 6.54 Å². The van der Waals surface area contributed by atoms with Crippen molar-refractivity contribution in [1.29, 1.82) is 0 Å². The number of rotatable bonds is 3. The molecule has 0 amide bonds. The van der Waals surface area contributed by atoms with E-state index in [1.807, 2.05) is 0 Å². The monoisotopic (exact) mass is 239 g/mol. The predicted molar refractivity (Wildman–Crippen MR) is 79.1 cm³/mol. The molecule has 0 saturated heterocycles. The Morgan fingerprint density at radius 3 is 2.50 bits per heavy atom. The Morgan fingerprint density at radius 1 is 1.11 bits per heavy atom. The Hall–Kier alpha value is -1.63. The minimum Gasteiger partial charge on any atom is -0.289 e. The van der Waals surface area contributed by atoms with Gasteiger partial charge in [-0.2, -0.15) is 0 Å². The van der Waals surface area contributed by atoms with Gasteiger partial charge in [0, 0.05) is 18.2 Å². The van der Waals surface area contributed by atoms with E-state index >= 15 is 0 Å². The molecule has 0 heterocycles. The molecule has 94 valence electrons. The molecule has 0 aliphatic heterocycles. The molecule has 1 atom stereocenters. The molecule has 2 rings (SSSR count). The number of allylic oxidation sites excluding steroid dienone is 4. The zero-order valence-electron chi connectivity index (χ0n) is 11.5. The van der Waals surface area contributed by atoms with Gasteiger partial charge in [-0.25, -0.2) is 0 Å². The lowest BCUT2D eigenvalue weighted by atomic mass is 9.91. The summed E-state index contributed by atoms with van der Waals surface area (Å²) >= 11 is 0. The molecule has 1 aliphatic rings. The van der Waals surface area contributed by atoms with Gasteiger partial charge in [-0.3, -0.25) is 4.99 Å². The first-order chi connectivity index (χ1) is 8.66. The maximum atomic E-state index is 4.78. The zero-order valence-corrected chi connectivity index (χ0v) is 11.5. The lowest BCUT2D eigenvalue weighted by molar-refractivity contribution is 0.910. The van der Waals surface area contributed by atoms with Crippen LogP contribution in [0.15, 0.2) is 58.6 Å². The fraction of sp³-hybridized carbons (Fsp3) is 0.353. The van der Waals surface area contributed by atoms with E-state index in [4.69, 9.17) is 4.99 Å². The molecule has 0 bridgehead atoms. The van der Waals surface area contributed by atoms with Crippen molar-refractivity contribution in [2.24, 2.45) is 10.9 Å². The lowest BCUT2D eigenvalue weighted by Gasteiger charge is -2.18. The van der Waals surface area contributed by atoms with Crippen LogP contribution in [0.1, 0.15) is 26.3 Å². The summed E-state index contributed by atoms with van der Waals surface area (Å²) in [5.74, 6) is 0.450. The van der Waals surface area contributed by atoms with Gasteiger partial charge in [-0.05, 0) is 31.4 Å².